The largest absolute Gasteiger partial charge is 0.326 e. The predicted molar refractivity (Wildman–Crippen MR) is 72.1 cm³/mol. The van der Waals surface area contributed by atoms with Crippen molar-refractivity contribution in [3.63, 3.8) is 0 Å². The van der Waals surface area contributed by atoms with Gasteiger partial charge in [-0.3, -0.25) is 9.69 Å². The lowest BCUT2D eigenvalue weighted by atomic mass is 10.1. The molecule has 0 aromatic heterocycles. The van der Waals surface area contributed by atoms with Gasteiger partial charge in [0.1, 0.15) is 11.9 Å². The summed E-state index contributed by atoms with van der Waals surface area (Å²) in [5.41, 5.74) is 6.51. The van der Waals surface area contributed by atoms with Gasteiger partial charge in [0.05, 0.1) is 6.54 Å². The van der Waals surface area contributed by atoms with Crippen LogP contribution < -0.4 is 11.1 Å². The van der Waals surface area contributed by atoms with Crippen molar-refractivity contribution >= 4 is 11.9 Å². The molecule has 0 aliphatic carbocycles. The Bertz CT molecular complexity index is 533. The first-order chi connectivity index (χ1) is 9.56. The second kappa shape index (κ2) is 6.00. The number of carbonyl (C=O) groups excluding carboxylic acids is 2. The topological polar surface area (TPSA) is 75.4 Å². The molecule has 1 aromatic rings. The Balaban J connectivity index is 2.13. The Morgan fingerprint density at radius 3 is 2.80 bits per heavy atom. The molecule has 3 N–H and O–H groups in total. The van der Waals surface area contributed by atoms with Crippen molar-refractivity contribution in [1.29, 1.82) is 0 Å². The van der Waals surface area contributed by atoms with Gasteiger partial charge in [0, 0.05) is 12.1 Å². The van der Waals surface area contributed by atoms with Crippen molar-refractivity contribution < 1.29 is 14.0 Å². The zero-order valence-corrected chi connectivity index (χ0v) is 11.4. The van der Waals surface area contributed by atoms with E-state index in [0.717, 1.165) is 11.3 Å². The van der Waals surface area contributed by atoms with Gasteiger partial charge in [-0.15, -0.1) is 0 Å². The number of halogens is 1. The van der Waals surface area contributed by atoms with Crippen LogP contribution in [-0.2, 0) is 17.9 Å². The zero-order valence-electron chi connectivity index (χ0n) is 11.4. The molecule has 6 heteroatoms. The number of amides is 3. The highest BCUT2D eigenvalue weighted by molar-refractivity contribution is 6.04. The molecule has 0 spiro atoms. The third-order valence-corrected chi connectivity index (χ3v) is 3.36. The lowest BCUT2D eigenvalue weighted by Crippen LogP contribution is -2.31. The van der Waals surface area contributed by atoms with Crippen molar-refractivity contribution in [2.24, 2.45) is 5.73 Å². The van der Waals surface area contributed by atoms with Crippen LogP contribution in [0.15, 0.2) is 18.2 Å². The Morgan fingerprint density at radius 1 is 1.40 bits per heavy atom. The number of nitrogens with one attached hydrogen (secondary N) is 1. The molecule has 1 aliphatic heterocycles. The number of nitrogens with zero attached hydrogens (tertiary/aromatic N) is 1. The average molecular weight is 279 g/mol. The minimum atomic E-state index is -0.443. The monoisotopic (exact) mass is 279 g/mol. The number of nitrogens with two attached hydrogens (primary N) is 1. The molecular formula is C14H18FN3O2. The first-order valence-corrected chi connectivity index (χ1v) is 6.66. The lowest BCUT2D eigenvalue weighted by Gasteiger charge is -2.14. The van der Waals surface area contributed by atoms with Crippen LogP contribution in [0.5, 0.6) is 0 Å². The number of carbonyl (C=O) groups is 2. The molecule has 1 heterocycles. The van der Waals surface area contributed by atoms with Gasteiger partial charge < -0.3 is 11.1 Å². The molecular weight excluding hydrogens is 261 g/mol. The summed E-state index contributed by atoms with van der Waals surface area (Å²) in [6.45, 7) is 2.17. The maximum atomic E-state index is 13.4. The molecule has 0 radical (unpaired) electrons. The quantitative estimate of drug-likeness (QED) is 0.802. The predicted octanol–water partition coefficient (Wildman–Crippen LogP) is 1.50. The van der Waals surface area contributed by atoms with Crippen LogP contribution in [-0.4, -0.2) is 22.9 Å². The van der Waals surface area contributed by atoms with E-state index in [-0.39, 0.29) is 24.8 Å². The Labute approximate surface area is 116 Å². The van der Waals surface area contributed by atoms with Crippen LogP contribution in [0.25, 0.3) is 0 Å². The molecule has 1 atom stereocenters. The van der Waals surface area contributed by atoms with Gasteiger partial charge in [0.15, 0.2) is 0 Å². The third-order valence-electron chi connectivity index (χ3n) is 3.36. The van der Waals surface area contributed by atoms with Gasteiger partial charge in [-0.2, -0.15) is 0 Å². The minimum absolute atomic E-state index is 0.0816. The van der Waals surface area contributed by atoms with E-state index < -0.39 is 12.1 Å². The molecule has 0 saturated carbocycles. The van der Waals surface area contributed by atoms with Crippen LogP contribution in [0.3, 0.4) is 0 Å². The van der Waals surface area contributed by atoms with E-state index in [9.17, 15) is 14.0 Å². The van der Waals surface area contributed by atoms with Crippen LogP contribution in [0.2, 0.25) is 0 Å². The fourth-order valence-corrected chi connectivity index (χ4v) is 2.28. The number of hydrogen-bond acceptors (Lipinski definition) is 3. The molecule has 20 heavy (non-hydrogen) atoms. The number of benzene rings is 1. The van der Waals surface area contributed by atoms with E-state index in [0.29, 0.717) is 17.5 Å². The summed E-state index contributed by atoms with van der Waals surface area (Å²) in [7, 11) is 0. The Morgan fingerprint density at radius 2 is 2.15 bits per heavy atom. The maximum Gasteiger partial charge on any atom is 0.325 e. The number of imide groups is 1. The van der Waals surface area contributed by atoms with Crippen LogP contribution >= 0.6 is 0 Å². The van der Waals surface area contributed by atoms with Gasteiger partial charge in [0.2, 0.25) is 0 Å². The molecule has 0 bridgehead atoms. The highest BCUT2D eigenvalue weighted by Crippen LogP contribution is 2.17. The van der Waals surface area contributed by atoms with E-state index in [4.69, 9.17) is 5.73 Å². The maximum absolute atomic E-state index is 13.4. The summed E-state index contributed by atoms with van der Waals surface area (Å²) in [4.78, 5) is 25.0. The van der Waals surface area contributed by atoms with Gasteiger partial charge in [-0.1, -0.05) is 19.4 Å². The number of rotatable bonds is 5. The number of hydrogen-bond donors (Lipinski definition) is 2. The summed E-state index contributed by atoms with van der Waals surface area (Å²) >= 11 is 0. The second-order valence-electron chi connectivity index (χ2n) is 4.85. The number of urea groups is 1. The molecule has 1 fully saturated rings. The first kappa shape index (κ1) is 14.5. The summed E-state index contributed by atoms with van der Waals surface area (Å²) in [5.74, 6) is -0.604. The van der Waals surface area contributed by atoms with Gasteiger partial charge >= 0.3 is 6.03 Å². The normalized spacial score (nSPS) is 18.6. The van der Waals surface area contributed by atoms with Crippen LogP contribution in [0, 0.1) is 5.82 Å². The van der Waals surface area contributed by atoms with E-state index in [2.05, 4.69) is 5.32 Å². The summed E-state index contributed by atoms with van der Waals surface area (Å²) in [5, 5.41) is 2.65. The van der Waals surface area contributed by atoms with E-state index >= 15 is 0 Å². The molecule has 2 rings (SSSR count). The highest BCUT2D eigenvalue weighted by Gasteiger charge is 2.37. The van der Waals surface area contributed by atoms with Gasteiger partial charge in [0.25, 0.3) is 5.91 Å². The van der Waals surface area contributed by atoms with E-state index in [1.54, 1.807) is 12.1 Å². The van der Waals surface area contributed by atoms with Gasteiger partial charge in [-0.25, -0.2) is 9.18 Å². The third kappa shape index (κ3) is 2.80. The molecule has 1 aliphatic rings. The smallest absolute Gasteiger partial charge is 0.325 e. The van der Waals surface area contributed by atoms with Crippen molar-refractivity contribution in [1.82, 2.24) is 10.2 Å². The van der Waals surface area contributed by atoms with E-state index in [1.807, 2.05) is 6.92 Å². The first-order valence-electron chi connectivity index (χ1n) is 6.66. The van der Waals surface area contributed by atoms with Gasteiger partial charge in [-0.05, 0) is 24.1 Å². The zero-order chi connectivity index (χ0) is 14.7. The lowest BCUT2D eigenvalue weighted by molar-refractivity contribution is -0.128. The standard InChI is InChI=1S/C14H18FN3O2/c1-2-3-12-13(19)18(14(20)17-12)8-9-4-5-11(15)10(6-9)7-16/h4-6,12H,2-3,7-8,16H2,1H3,(H,17,20). The molecule has 5 nitrogen and oxygen atoms in total. The molecule has 1 saturated heterocycles. The molecule has 3 amide bonds. The Hall–Kier alpha value is -1.95. The summed E-state index contributed by atoms with van der Waals surface area (Å²) < 4.78 is 13.4. The molecule has 108 valence electrons. The highest BCUT2D eigenvalue weighted by atomic mass is 19.1. The molecule has 1 unspecified atom stereocenters. The van der Waals surface area contributed by atoms with Crippen molar-refractivity contribution in [3.05, 3.63) is 35.1 Å². The van der Waals surface area contributed by atoms with Crippen LogP contribution in [0.4, 0.5) is 9.18 Å². The SMILES string of the molecule is CCCC1NC(=O)N(Cc2ccc(F)c(CN)c2)C1=O. The fraction of sp³-hybridized carbons (Fsp3) is 0.429. The summed E-state index contributed by atoms with van der Waals surface area (Å²) in [6.07, 6.45) is 1.44. The van der Waals surface area contributed by atoms with Crippen molar-refractivity contribution in [2.45, 2.75) is 38.9 Å². The average Bonchev–Trinajstić information content (AvgIpc) is 2.69. The molecule has 1 aromatic carbocycles. The summed E-state index contributed by atoms with van der Waals surface area (Å²) in [6, 6.07) is 3.61. The second-order valence-corrected chi connectivity index (χ2v) is 4.85. The fourth-order valence-electron chi connectivity index (χ4n) is 2.28. The Kier molecular flexibility index (Phi) is 4.34. The van der Waals surface area contributed by atoms with E-state index in [1.165, 1.54) is 6.07 Å². The van der Waals surface area contributed by atoms with Crippen molar-refractivity contribution in [2.75, 3.05) is 0 Å². The van der Waals surface area contributed by atoms with Crippen LogP contribution in [0.1, 0.15) is 30.9 Å². The van der Waals surface area contributed by atoms with Crippen molar-refractivity contribution in [3.8, 4) is 0 Å². The minimum Gasteiger partial charge on any atom is -0.326 e.